The van der Waals surface area contributed by atoms with E-state index < -0.39 is 11.9 Å². The minimum atomic E-state index is -0.724. The van der Waals surface area contributed by atoms with Gasteiger partial charge in [0.05, 0.1) is 17.0 Å². The van der Waals surface area contributed by atoms with Crippen LogP contribution < -0.4 is 15.1 Å². The van der Waals surface area contributed by atoms with Crippen LogP contribution >= 0.6 is 11.3 Å². The molecule has 1 atom stereocenters. The van der Waals surface area contributed by atoms with Gasteiger partial charge in [-0.05, 0) is 66.8 Å². The Kier molecular flexibility index (Phi) is 6.04. The van der Waals surface area contributed by atoms with Crippen molar-refractivity contribution in [3.63, 3.8) is 0 Å². The summed E-state index contributed by atoms with van der Waals surface area (Å²) in [5.41, 5.74) is 4.22. The molecule has 0 aliphatic carbocycles. The molecular formula is C30H25N3O4S. The van der Waals surface area contributed by atoms with E-state index in [4.69, 9.17) is 9.15 Å². The fraction of sp³-hybridized carbons (Fsp3) is 0.200. The summed E-state index contributed by atoms with van der Waals surface area (Å²) in [6.07, 6.45) is 0.694. The fourth-order valence-corrected chi connectivity index (χ4v) is 5.55. The smallest absolute Gasteiger partial charge is 0.297 e. The molecule has 0 spiro atoms. The molecule has 3 heterocycles. The molecule has 2 aromatic heterocycles. The SMILES string of the molecule is CCc1nnc(N2C(=O)c3oc4cc(C)c(C)cc4c(=O)c3C2c2cccc(OCc3ccccc3)c2)s1. The van der Waals surface area contributed by atoms with Gasteiger partial charge in [-0.15, -0.1) is 10.2 Å². The van der Waals surface area contributed by atoms with Gasteiger partial charge in [-0.3, -0.25) is 14.5 Å². The molecule has 0 bridgehead atoms. The number of hydrogen-bond acceptors (Lipinski definition) is 7. The van der Waals surface area contributed by atoms with Gasteiger partial charge in [0.25, 0.3) is 5.91 Å². The standard InChI is InChI=1S/C30H25N3O4S/c1-4-24-31-32-30(38-24)33-26(20-11-8-12-21(15-20)36-16-19-9-6-5-7-10-19)25-27(34)22-13-17(2)18(3)14-23(22)37-28(25)29(33)35/h5-15,26H,4,16H2,1-3H3. The van der Waals surface area contributed by atoms with E-state index in [1.54, 1.807) is 0 Å². The van der Waals surface area contributed by atoms with Crippen LogP contribution in [0.1, 0.15) is 56.3 Å². The largest absolute Gasteiger partial charge is 0.489 e. The average molecular weight is 524 g/mol. The van der Waals surface area contributed by atoms with E-state index >= 15 is 0 Å². The number of ether oxygens (including phenoxy) is 1. The van der Waals surface area contributed by atoms with Crippen LogP contribution in [0.3, 0.4) is 0 Å². The maximum absolute atomic E-state index is 13.9. The zero-order valence-electron chi connectivity index (χ0n) is 21.2. The first-order valence-corrected chi connectivity index (χ1v) is 13.3. The third-order valence-corrected chi connectivity index (χ3v) is 7.94. The average Bonchev–Trinajstić information content (AvgIpc) is 3.52. The lowest BCUT2D eigenvalue weighted by Gasteiger charge is -2.22. The van der Waals surface area contributed by atoms with Gasteiger partial charge in [0, 0.05) is 0 Å². The third kappa shape index (κ3) is 4.07. The number of fused-ring (bicyclic) bond motifs is 2. The second-order valence-electron chi connectivity index (χ2n) is 9.36. The van der Waals surface area contributed by atoms with E-state index in [0.29, 0.717) is 40.4 Å². The monoisotopic (exact) mass is 523 g/mol. The van der Waals surface area contributed by atoms with Crippen LogP contribution in [0, 0.1) is 13.8 Å². The molecule has 0 N–H and O–H groups in total. The van der Waals surface area contributed by atoms with Crippen LogP contribution in [0.2, 0.25) is 0 Å². The summed E-state index contributed by atoms with van der Waals surface area (Å²) in [6, 6.07) is 20.3. The van der Waals surface area contributed by atoms with Gasteiger partial charge in [0.15, 0.2) is 5.43 Å². The lowest BCUT2D eigenvalue weighted by atomic mass is 9.97. The number of hydrogen-bond donors (Lipinski definition) is 0. The Hall–Kier alpha value is -4.30. The van der Waals surface area contributed by atoms with Crippen molar-refractivity contribution >= 4 is 33.3 Å². The van der Waals surface area contributed by atoms with E-state index in [2.05, 4.69) is 10.2 Å². The highest BCUT2D eigenvalue weighted by Gasteiger charge is 2.45. The zero-order valence-corrected chi connectivity index (χ0v) is 22.0. The van der Waals surface area contributed by atoms with E-state index in [1.807, 2.05) is 87.5 Å². The van der Waals surface area contributed by atoms with Crippen molar-refractivity contribution in [2.45, 2.75) is 39.8 Å². The first-order chi connectivity index (χ1) is 18.4. The maximum Gasteiger partial charge on any atom is 0.297 e. The van der Waals surface area contributed by atoms with Crippen LogP contribution in [-0.4, -0.2) is 16.1 Å². The Morgan fingerprint density at radius 3 is 2.53 bits per heavy atom. The number of aryl methyl sites for hydroxylation is 3. The van der Waals surface area contributed by atoms with E-state index in [-0.39, 0.29) is 11.2 Å². The Balaban J connectivity index is 1.50. The Morgan fingerprint density at radius 2 is 1.76 bits per heavy atom. The molecule has 0 saturated carbocycles. The van der Waals surface area contributed by atoms with Gasteiger partial charge in [-0.1, -0.05) is 60.7 Å². The third-order valence-electron chi connectivity index (χ3n) is 6.87. The lowest BCUT2D eigenvalue weighted by Crippen LogP contribution is -2.29. The van der Waals surface area contributed by atoms with Gasteiger partial charge >= 0.3 is 0 Å². The highest BCUT2D eigenvalue weighted by molar-refractivity contribution is 7.15. The fourth-order valence-electron chi connectivity index (χ4n) is 4.74. The highest BCUT2D eigenvalue weighted by atomic mass is 32.1. The molecule has 1 aliphatic rings. The van der Waals surface area contributed by atoms with E-state index in [9.17, 15) is 9.59 Å². The second-order valence-corrected chi connectivity index (χ2v) is 10.4. The zero-order chi connectivity index (χ0) is 26.4. The summed E-state index contributed by atoms with van der Waals surface area (Å²) in [4.78, 5) is 29.3. The van der Waals surface area contributed by atoms with Crippen molar-refractivity contribution in [3.05, 3.63) is 116 Å². The predicted molar refractivity (Wildman–Crippen MR) is 147 cm³/mol. The minimum Gasteiger partial charge on any atom is -0.489 e. The number of anilines is 1. The van der Waals surface area contributed by atoms with Gasteiger partial charge in [0.2, 0.25) is 10.9 Å². The number of benzene rings is 3. The summed E-state index contributed by atoms with van der Waals surface area (Å²) < 4.78 is 12.2. The van der Waals surface area contributed by atoms with Crippen molar-refractivity contribution in [2.24, 2.45) is 0 Å². The normalized spacial score (nSPS) is 14.8. The molecule has 1 unspecified atom stereocenters. The first-order valence-electron chi connectivity index (χ1n) is 12.4. The minimum absolute atomic E-state index is 0.0413. The van der Waals surface area contributed by atoms with Crippen molar-refractivity contribution in [2.75, 3.05) is 4.90 Å². The van der Waals surface area contributed by atoms with E-state index in [0.717, 1.165) is 27.3 Å². The molecule has 0 fully saturated rings. The molecule has 0 saturated heterocycles. The van der Waals surface area contributed by atoms with Crippen LogP contribution in [0.5, 0.6) is 5.75 Å². The second kappa shape index (κ2) is 9.54. The lowest BCUT2D eigenvalue weighted by molar-refractivity contribution is 0.0970. The molecule has 0 radical (unpaired) electrons. The number of rotatable bonds is 6. The Labute approximate surface area is 223 Å². The quantitative estimate of drug-likeness (QED) is 0.265. The van der Waals surface area contributed by atoms with Crippen molar-refractivity contribution in [1.82, 2.24) is 10.2 Å². The van der Waals surface area contributed by atoms with Crippen molar-refractivity contribution in [1.29, 1.82) is 0 Å². The summed E-state index contributed by atoms with van der Waals surface area (Å²) >= 11 is 1.34. The molecule has 1 amide bonds. The number of amides is 1. The topological polar surface area (TPSA) is 85.5 Å². The molecule has 5 aromatic rings. The predicted octanol–water partition coefficient (Wildman–Crippen LogP) is 6.15. The molecular weight excluding hydrogens is 498 g/mol. The molecule has 3 aromatic carbocycles. The van der Waals surface area contributed by atoms with Gasteiger partial charge < -0.3 is 9.15 Å². The molecule has 190 valence electrons. The van der Waals surface area contributed by atoms with Gasteiger partial charge in [0.1, 0.15) is 22.9 Å². The van der Waals surface area contributed by atoms with Crippen LogP contribution in [0.25, 0.3) is 11.0 Å². The van der Waals surface area contributed by atoms with Crippen molar-refractivity contribution < 1.29 is 13.9 Å². The number of aromatic nitrogens is 2. The number of carbonyl (C=O) groups excluding carboxylic acids is 1. The molecule has 7 nitrogen and oxygen atoms in total. The molecule has 1 aliphatic heterocycles. The summed E-state index contributed by atoms with van der Waals surface area (Å²) in [5, 5.41) is 10.2. The maximum atomic E-state index is 13.9. The van der Waals surface area contributed by atoms with Crippen LogP contribution in [0.15, 0.2) is 75.9 Å². The highest BCUT2D eigenvalue weighted by Crippen LogP contribution is 2.43. The number of nitrogens with zero attached hydrogens (tertiary/aromatic N) is 3. The van der Waals surface area contributed by atoms with Crippen LogP contribution in [0.4, 0.5) is 5.13 Å². The summed E-state index contributed by atoms with van der Waals surface area (Å²) in [7, 11) is 0. The summed E-state index contributed by atoms with van der Waals surface area (Å²) in [6.45, 7) is 6.29. The first kappa shape index (κ1) is 24.1. The summed E-state index contributed by atoms with van der Waals surface area (Å²) in [5.74, 6) is 0.270. The molecule has 8 heteroatoms. The van der Waals surface area contributed by atoms with Crippen LogP contribution in [-0.2, 0) is 13.0 Å². The number of carbonyl (C=O) groups is 1. The van der Waals surface area contributed by atoms with Crippen molar-refractivity contribution in [3.8, 4) is 5.75 Å². The van der Waals surface area contributed by atoms with E-state index in [1.165, 1.54) is 16.2 Å². The molecule has 38 heavy (non-hydrogen) atoms. The van der Waals surface area contributed by atoms with Gasteiger partial charge in [-0.2, -0.15) is 0 Å². The molecule has 6 rings (SSSR count). The Bertz CT molecular complexity index is 1740. The van der Waals surface area contributed by atoms with Gasteiger partial charge in [-0.25, -0.2) is 0 Å². The Morgan fingerprint density at radius 1 is 0.974 bits per heavy atom.